The van der Waals surface area contributed by atoms with Crippen molar-refractivity contribution in [2.24, 2.45) is 0 Å². The zero-order chi connectivity index (χ0) is 10.1. The predicted octanol–water partition coefficient (Wildman–Crippen LogP) is 1.84. The lowest BCUT2D eigenvalue weighted by Gasteiger charge is -2.17. The summed E-state index contributed by atoms with van der Waals surface area (Å²) in [6.07, 6.45) is 0.891. The van der Waals surface area contributed by atoms with Gasteiger partial charge in [-0.1, -0.05) is 0 Å². The SMILES string of the molecule is CC(C)Oc1noc2c1C(Cl)NCC2. The first-order valence-corrected chi connectivity index (χ1v) is 5.14. The first-order chi connectivity index (χ1) is 6.68. The van der Waals surface area contributed by atoms with Crippen molar-refractivity contribution >= 4 is 11.6 Å². The largest absolute Gasteiger partial charge is 0.473 e. The van der Waals surface area contributed by atoms with Crippen molar-refractivity contribution in [2.45, 2.75) is 31.9 Å². The molecule has 5 heteroatoms. The molecule has 4 nitrogen and oxygen atoms in total. The van der Waals surface area contributed by atoms with Crippen LogP contribution in [0.25, 0.3) is 0 Å². The lowest BCUT2D eigenvalue weighted by atomic mass is 10.1. The fraction of sp³-hybridized carbons (Fsp3) is 0.667. The molecule has 2 heterocycles. The van der Waals surface area contributed by atoms with Crippen molar-refractivity contribution in [3.8, 4) is 5.88 Å². The molecule has 1 aromatic rings. The number of hydrogen-bond acceptors (Lipinski definition) is 4. The fourth-order valence-electron chi connectivity index (χ4n) is 1.47. The van der Waals surface area contributed by atoms with Crippen molar-refractivity contribution in [3.05, 3.63) is 11.3 Å². The van der Waals surface area contributed by atoms with E-state index in [-0.39, 0.29) is 11.6 Å². The summed E-state index contributed by atoms with van der Waals surface area (Å²) in [5.74, 6) is 1.35. The molecule has 1 aliphatic heterocycles. The number of alkyl halides is 1. The van der Waals surface area contributed by atoms with Crippen LogP contribution in [0.1, 0.15) is 30.7 Å². The fourth-order valence-corrected chi connectivity index (χ4v) is 1.79. The highest BCUT2D eigenvalue weighted by Gasteiger charge is 2.27. The van der Waals surface area contributed by atoms with E-state index in [0.29, 0.717) is 5.88 Å². The lowest BCUT2D eigenvalue weighted by molar-refractivity contribution is 0.216. The third kappa shape index (κ3) is 1.72. The van der Waals surface area contributed by atoms with E-state index < -0.39 is 0 Å². The highest BCUT2D eigenvalue weighted by atomic mass is 35.5. The molecule has 0 saturated heterocycles. The van der Waals surface area contributed by atoms with Gasteiger partial charge in [0, 0.05) is 13.0 Å². The van der Waals surface area contributed by atoms with Gasteiger partial charge >= 0.3 is 0 Å². The normalized spacial score (nSPS) is 21.0. The van der Waals surface area contributed by atoms with Gasteiger partial charge in [-0.25, -0.2) is 0 Å². The minimum Gasteiger partial charge on any atom is -0.473 e. The quantitative estimate of drug-likeness (QED) is 0.606. The predicted molar refractivity (Wildman–Crippen MR) is 52.6 cm³/mol. The van der Waals surface area contributed by atoms with Crippen LogP contribution >= 0.6 is 11.6 Å². The Morgan fingerprint density at radius 3 is 3.14 bits per heavy atom. The smallest absolute Gasteiger partial charge is 0.260 e. The molecule has 2 rings (SSSR count). The number of ether oxygens (including phenoxy) is 1. The molecular formula is C9H13ClN2O2. The van der Waals surface area contributed by atoms with Crippen molar-refractivity contribution in [1.82, 2.24) is 10.5 Å². The number of aromatic nitrogens is 1. The van der Waals surface area contributed by atoms with Gasteiger partial charge in [0.15, 0.2) is 0 Å². The monoisotopic (exact) mass is 216 g/mol. The second-order valence-electron chi connectivity index (χ2n) is 3.56. The van der Waals surface area contributed by atoms with E-state index in [4.69, 9.17) is 20.9 Å². The van der Waals surface area contributed by atoms with Crippen molar-refractivity contribution < 1.29 is 9.26 Å². The molecule has 78 valence electrons. The van der Waals surface area contributed by atoms with Crippen molar-refractivity contribution in [2.75, 3.05) is 6.54 Å². The molecule has 1 atom stereocenters. The van der Waals surface area contributed by atoms with Gasteiger partial charge in [0.05, 0.1) is 11.7 Å². The van der Waals surface area contributed by atoms with Gasteiger partial charge in [-0.3, -0.25) is 5.32 Å². The summed E-state index contributed by atoms with van der Waals surface area (Å²) >= 11 is 6.09. The Labute approximate surface area is 87.5 Å². The molecule has 1 aliphatic rings. The average molecular weight is 217 g/mol. The summed E-state index contributed by atoms with van der Waals surface area (Å²) in [5, 5.41) is 6.99. The zero-order valence-electron chi connectivity index (χ0n) is 8.21. The van der Waals surface area contributed by atoms with Crippen LogP contribution in [-0.4, -0.2) is 17.8 Å². The molecule has 0 bridgehead atoms. The number of halogens is 1. The zero-order valence-corrected chi connectivity index (χ0v) is 8.97. The van der Waals surface area contributed by atoms with E-state index in [1.54, 1.807) is 0 Å². The molecule has 1 aromatic heterocycles. The summed E-state index contributed by atoms with van der Waals surface area (Å²) in [7, 11) is 0. The average Bonchev–Trinajstić information content (AvgIpc) is 2.49. The van der Waals surface area contributed by atoms with E-state index in [9.17, 15) is 0 Å². The number of rotatable bonds is 2. The lowest BCUT2D eigenvalue weighted by Crippen LogP contribution is -2.26. The van der Waals surface area contributed by atoms with Crippen LogP contribution in [0.2, 0.25) is 0 Å². The molecule has 0 aromatic carbocycles. The van der Waals surface area contributed by atoms with Crippen LogP contribution in [0.15, 0.2) is 4.52 Å². The topological polar surface area (TPSA) is 47.3 Å². The molecule has 0 fully saturated rings. The maximum atomic E-state index is 6.09. The van der Waals surface area contributed by atoms with Gasteiger partial charge in [0.2, 0.25) is 0 Å². The maximum Gasteiger partial charge on any atom is 0.260 e. The standard InChI is InChI=1S/C9H13ClN2O2/c1-5(2)13-9-7-6(14-12-9)3-4-11-8(7)10/h5,8,11H,3-4H2,1-2H3. The van der Waals surface area contributed by atoms with Crippen LogP contribution in [0.4, 0.5) is 0 Å². The summed E-state index contributed by atoms with van der Waals surface area (Å²) in [4.78, 5) is 0. The summed E-state index contributed by atoms with van der Waals surface area (Å²) in [5.41, 5.74) is 0.602. The number of nitrogens with zero attached hydrogens (tertiary/aromatic N) is 1. The third-order valence-electron chi connectivity index (χ3n) is 2.05. The van der Waals surface area contributed by atoms with Crippen molar-refractivity contribution in [1.29, 1.82) is 0 Å². The maximum absolute atomic E-state index is 6.09. The Morgan fingerprint density at radius 2 is 2.43 bits per heavy atom. The first kappa shape index (κ1) is 9.80. The molecule has 0 aliphatic carbocycles. The van der Waals surface area contributed by atoms with Crippen LogP contribution in [0, 0.1) is 0 Å². The molecule has 1 N–H and O–H groups in total. The Kier molecular flexibility index (Phi) is 2.65. The second-order valence-corrected chi connectivity index (χ2v) is 3.99. The van der Waals surface area contributed by atoms with Gasteiger partial charge in [0.1, 0.15) is 11.3 Å². The molecule has 0 saturated carbocycles. The van der Waals surface area contributed by atoms with E-state index in [2.05, 4.69) is 10.5 Å². The van der Waals surface area contributed by atoms with Gasteiger partial charge in [0.25, 0.3) is 5.88 Å². The highest BCUT2D eigenvalue weighted by Crippen LogP contribution is 2.33. The van der Waals surface area contributed by atoms with E-state index in [0.717, 1.165) is 24.3 Å². The summed E-state index contributed by atoms with van der Waals surface area (Å²) in [6, 6.07) is 0. The van der Waals surface area contributed by atoms with Gasteiger partial charge in [-0.15, -0.1) is 11.6 Å². The van der Waals surface area contributed by atoms with Gasteiger partial charge < -0.3 is 9.26 Å². The number of nitrogens with one attached hydrogen (secondary N) is 1. The van der Waals surface area contributed by atoms with Crippen LogP contribution in [0.5, 0.6) is 5.88 Å². The number of fused-ring (bicyclic) bond motifs is 1. The van der Waals surface area contributed by atoms with E-state index in [1.807, 2.05) is 13.8 Å². The van der Waals surface area contributed by atoms with Gasteiger partial charge in [-0.2, -0.15) is 0 Å². The molecule has 0 amide bonds. The Balaban J connectivity index is 2.29. The molecule has 14 heavy (non-hydrogen) atoms. The molecule has 0 radical (unpaired) electrons. The molecule has 1 unspecified atom stereocenters. The Bertz CT molecular complexity index is 325. The second kappa shape index (κ2) is 3.79. The van der Waals surface area contributed by atoms with Crippen LogP contribution in [0.3, 0.4) is 0 Å². The summed E-state index contributed by atoms with van der Waals surface area (Å²) in [6.45, 7) is 4.71. The van der Waals surface area contributed by atoms with Crippen LogP contribution < -0.4 is 10.1 Å². The summed E-state index contributed by atoms with van der Waals surface area (Å²) < 4.78 is 10.7. The number of hydrogen-bond donors (Lipinski definition) is 1. The van der Waals surface area contributed by atoms with Crippen LogP contribution in [-0.2, 0) is 6.42 Å². The van der Waals surface area contributed by atoms with E-state index in [1.165, 1.54) is 0 Å². The Morgan fingerprint density at radius 1 is 1.64 bits per heavy atom. The molecule has 0 spiro atoms. The minimum atomic E-state index is -0.251. The Hall–Kier alpha value is -0.740. The van der Waals surface area contributed by atoms with Crippen molar-refractivity contribution in [3.63, 3.8) is 0 Å². The first-order valence-electron chi connectivity index (χ1n) is 4.71. The van der Waals surface area contributed by atoms with Gasteiger partial charge in [-0.05, 0) is 19.0 Å². The third-order valence-corrected chi connectivity index (χ3v) is 2.42. The minimum absolute atomic E-state index is 0.0787. The molecular weight excluding hydrogens is 204 g/mol. The highest BCUT2D eigenvalue weighted by molar-refractivity contribution is 6.20. The van der Waals surface area contributed by atoms with E-state index >= 15 is 0 Å².